The van der Waals surface area contributed by atoms with E-state index < -0.39 is 0 Å². The van der Waals surface area contributed by atoms with Crippen LogP contribution in [0.3, 0.4) is 0 Å². The number of hydrogen-bond donors (Lipinski definition) is 0. The van der Waals surface area contributed by atoms with Gasteiger partial charge in [-0.3, -0.25) is 4.79 Å². The summed E-state index contributed by atoms with van der Waals surface area (Å²) < 4.78 is 0. The Morgan fingerprint density at radius 3 is 2.83 bits per heavy atom. The van der Waals surface area contributed by atoms with Crippen molar-refractivity contribution >= 4 is 5.78 Å². The molecular weight excluding hydrogens is 148 g/mol. The number of carbonyl (C=O) groups excluding carboxylic acids is 1. The van der Waals surface area contributed by atoms with E-state index in [2.05, 4.69) is 18.2 Å². The van der Waals surface area contributed by atoms with Crippen molar-refractivity contribution < 1.29 is 4.79 Å². The van der Waals surface area contributed by atoms with Crippen LogP contribution >= 0.6 is 0 Å². The van der Waals surface area contributed by atoms with E-state index >= 15 is 0 Å². The number of rotatable bonds is 0. The molecule has 0 radical (unpaired) electrons. The second-order valence-corrected chi connectivity index (χ2v) is 3.81. The Morgan fingerprint density at radius 2 is 2.00 bits per heavy atom. The van der Waals surface area contributed by atoms with Gasteiger partial charge >= 0.3 is 0 Å². The van der Waals surface area contributed by atoms with Gasteiger partial charge in [-0.15, -0.1) is 0 Å². The van der Waals surface area contributed by atoms with Gasteiger partial charge in [0.25, 0.3) is 0 Å². The minimum absolute atomic E-state index is 0.279. The first-order chi connectivity index (χ1) is 5.86. The Balaban J connectivity index is 2.14. The summed E-state index contributed by atoms with van der Waals surface area (Å²) in [6.07, 6.45) is 1.95. The molecule has 0 heterocycles. The first-order valence-electron chi connectivity index (χ1n) is 4.47. The topological polar surface area (TPSA) is 17.1 Å². The van der Waals surface area contributed by atoms with Crippen LogP contribution in [-0.4, -0.2) is 5.78 Å². The number of fused-ring (bicyclic) bond motifs is 3. The van der Waals surface area contributed by atoms with E-state index in [0.29, 0.717) is 11.7 Å². The van der Waals surface area contributed by atoms with Gasteiger partial charge in [-0.25, -0.2) is 0 Å². The van der Waals surface area contributed by atoms with Crippen molar-refractivity contribution in [2.24, 2.45) is 5.92 Å². The average Bonchev–Trinajstić information content (AvgIpc) is 2.35. The first-order valence-corrected chi connectivity index (χ1v) is 4.47. The van der Waals surface area contributed by atoms with Crippen molar-refractivity contribution in [2.75, 3.05) is 0 Å². The summed E-state index contributed by atoms with van der Waals surface area (Å²) in [4.78, 5) is 11.3. The highest BCUT2D eigenvalue weighted by Gasteiger charge is 2.45. The van der Waals surface area contributed by atoms with Crippen LogP contribution < -0.4 is 0 Å². The van der Waals surface area contributed by atoms with E-state index in [4.69, 9.17) is 0 Å². The van der Waals surface area contributed by atoms with Crippen LogP contribution in [0.2, 0.25) is 0 Å². The summed E-state index contributed by atoms with van der Waals surface area (Å²) in [6.45, 7) is 0. The molecule has 1 saturated carbocycles. The number of ketones is 1. The predicted octanol–water partition coefficient (Wildman–Crippen LogP) is 1.92. The molecule has 0 unspecified atom stereocenters. The van der Waals surface area contributed by atoms with Crippen LogP contribution in [0, 0.1) is 5.92 Å². The van der Waals surface area contributed by atoms with Gasteiger partial charge in [-0.05, 0) is 23.5 Å². The Labute approximate surface area is 71.4 Å². The number of Topliss-reactive ketones (excluding diaryl/α,β-unsaturated/α-hetero) is 1. The fourth-order valence-corrected chi connectivity index (χ4v) is 2.53. The van der Waals surface area contributed by atoms with Crippen LogP contribution in [0.1, 0.15) is 23.5 Å². The molecule has 1 aromatic rings. The predicted molar refractivity (Wildman–Crippen MR) is 46.0 cm³/mol. The standard InChI is InChI=1S/C11H10O/c12-10-6-8-5-7-3-1-2-4-9(7)11(8)10/h1-4,8,11H,5-6H2/t8-,11+/m0/s1. The molecule has 2 atom stereocenters. The molecule has 1 heteroatoms. The number of carbonyl (C=O) groups is 1. The van der Waals surface area contributed by atoms with Crippen LogP contribution in [0.15, 0.2) is 24.3 Å². The van der Waals surface area contributed by atoms with Crippen LogP contribution in [0.5, 0.6) is 0 Å². The lowest BCUT2D eigenvalue weighted by Gasteiger charge is -2.28. The van der Waals surface area contributed by atoms with Crippen molar-refractivity contribution in [1.29, 1.82) is 0 Å². The molecule has 2 aliphatic rings. The lowest BCUT2D eigenvalue weighted by molar-refractivity contribution is -0.128. The van der Waals surface area contributed by atoms with Crippen LogP contribution in [-0.2, 0) is 11.2 Å². The zero-order valence-corrected chi connectivity index (χ0v) is 6.79. The summed E-state index contributed by atoms with van der Waals surface area (Å²) in [5.74, 6) is 1.38. The molecule has 0 saturated heterocycles. The molecule has 1 nitrogen and oxygen atoms in total. The zero-order valence-electron chi connectivity index (χ0n) is 6.79. The largest absolute Gasteiger partial charge is 0.299 e. The molecule has 2 aliphatic carbocycles. The molecule has 0 aromatic heterocycles. The number of hydrogen-bond acceptors (Lipinski definition) is 1. The van der Waals surface area contributed by atoms with Gasteiger partial charge in [0.1, 0.15) is 5.78 Å². The third-order valence-corrected chi connectivity index (χ3v) is 3.15. The van der Waals surface area contributed by atoms with Gasteiger partial charge in [0, 0.05) is 12.3 Å². The molecule has 12 heavy (non-hydrogen) atoms. The Morgan fingerprint density at radius 1 is 1.17 bits per heavy atom. The van der Waals surface area contributed by atoms with E-state index in [9.17, 15) is 4.79 Å². The van der Waals surface area contributed by atoms with Gasteiger partial charge in [0.2, 0.25) is 0 Å². The molecule has 0 spiro atoms. The third-order valence-electron chi connectivity index (χ3n) is 3.15. The zero-order chi connectivity index (χ0) is 8.13. The Hall–Kier alpha value is -1.11. The smallest absolute Gasteiger partial charge is 0.140 e. The molecule has 1 aromatic carbocycles. The quantitative estimate of drug-likeness (QED) is 0.563. The monoisotopic (exact) mass is 158 g/mol. The summed E-state index contributed by atoms with van der Waals surface area (Å²) >= 11 is 0. The van der Waals surface area contributed by atoms with E-state index in [0.717, 1.165) is 12.8 Å². The van der Waals surface area contributed by atoms with E-state index in [1.165, 1.54) is 11.1 Å². The van der Waals surface area contributed by atoms with Crippen molar-refractivity contribution in [3.8, 4) is 0 Å². The minimum Gasteiger partial charge on any atom is -0.299 e. The summed E-state index contributed by atoms with van der Waals surface area (Å²) in [5, 5.41) is 0. The second-order valence-electron chi connectivity index (χ2n) is 3.81. The van der Waals surface area contributed by atoms with Crippen LogP contribution in [0.25, 0.3) is 0 Å². The normalized spacial score (nSPS) is 30.8. The van der Waals surface area contributed by atoms with Crippen LogP contribution in [0.4, 0.5) is 0 Å². The summed E-state index contributed by atoms with van der Waals surface area (Å²) in [5.41, 5.74) is 2.71. The highest BCUT2D eigenvalue weighted by Crippen LogP contribution is 2.48. The lowest BCUT2D eigenvalue weighted by Crippen LogP contribution is -2.31. The SMILES string of the molecule is O=C1C[C@@H]2Cc3ccccc3[C@H]12. The maximum atomic E-state index is 11.3. The van der Waals surface area contributed by atoms with Crippen molar-refractivity contribution in [3.63, 3.8) is 0 Å². The maximum absolute atomic E-state index is 11.3. The molecule has 0 aliphatic heterocycles. The lowest BCUT2D eigenvalue weighted by atomic mass is 9.73. The van der Waals surface area contributed by atoms with Gasteiger partial charge in [0.15, 0.2) is 0 Å². The highest BCUT2D eigenvalue weighted by molar-refractivity contribution is 5.93. The van der Waals surface area contributed by atoms with E-state index in [1.54, 1.807) is 0 Å². The minimum atomic E-state index is 0.279. The molecule has 60 valence electrons. The summed E-state index contributed by atoms with van der Waals surface area (Å²) in [7, 11) is 0. The molecule has 1 fully saturated rings. The van der Waals surface area contributed by atoms with Gasteiger partial charge in [-0.2, -0.15) is 0 Å². The Bertz CT molecular complexity index is 354. The summed E-state index contributed by atoms with van der Waals surface area (Å²) in [6, 6.07) is 8.36. The molecule has 0 N–H and O–H groups in total. The van der Waals surface area contributed by atoms with Gasteiger partial charge < -0.3 is 0 Å². The third kappa shape index (κ3) is 0.619. The van der Waals surface area contributed by atoms with Gasteiger partial charge in [0.05, 0.1) is 0 Å². The number of benzene rings is 1. The molecule has 0 bridgehead atoms. The molecule has 3 rings (SSSR count). The molecular formula is C11H10O. The second kappa shape index (κ2) is 1.98. The fourth-order valence-electron chi connectivity index (χ4n) is 2.53. The Kier molecular flexibility index (Phi) is 1.06. The van der Waals surface area contributed by atoms with E-state index in [-0.39, 0.29) is 5.92 Å². The van der Waals surface area contributed by atoms with E-state index in [1.807, 2.05) is 6.07 Å². The molecule has 0 amide bonds. The van der Waals surface area contributed by atoms with Crippen molar-refractivity contribution in [2.45, 2.75) is 18.8 Å². The highest BCUT2D eigenvalue weighted by atomic mass is 16.1. The van der Waals surface area contributed by atoms with Crippen molar-refractivity contribution in [3.05, 3.63) is 35.4 Å². The van der Waals surface area contributed by atoms with Gasteiger partial charge in [-0.1, -0.05) is 24.3 Å². The maximum Gasteiger partial charge on any atom is 0.140 e. The first kappa shape index (κ1) is 6.41. The average molecular weight is 158 g/mol. The fraction of sp³-hybridized carbons (Fsp3) is 0.364. The van der Waals surface area contributed by atoms with Crippen molar-refractivity contribution in [1.82, 2.24) is 0 Å².